The first-order chi connectivity index (χ1) is 9.66. The van der Waals surface area contributed by atoms with Crippen LogP contribution < -0.4 is 5.32 Å². The molecule has 0 radical (unpaired) electrons. The Morgan fingerprint density at radius 1 is 1.45 bits per heavy atom. The third-order valence-corrected chi connectivity index (χ3v) is 3.26. The van der Waals surface area contributed by atoms with Crippen LogP contribution in [0.3, 0.4) is 0 Å². The summed E-state index contributed by atoms with van der Waals surface area (Å²) in [6.07, 6.45) is 0.451. The second kappa shape index (κ2) is 7.21. The molecule has 2 N–H and O–H groups in total. The van der Waals surface area contributed by atoms with Gasteiger partial charge in [0.1, 0.15) is 5.75 Å². The molecular formula is C14H21N3O3. The third-order valence-electron chi connectivity index (χ3n) is 3.26. The summed E-state index contributed by atoms with van der Waals surface area (Å²) < 4.78 is 5.21. The zero-order chi connectivity index (χ0) is 14.4. The predicted octanol–water partition coefficient (Wildman–Crippen LogP) is 0.434. The molecule has 2 heterocycles. The average molecular weight is 279 g/mol. The second-order valence-corrected chi connectivity index (χ2v) is 4.84. The number of nitrogens with one attached hydrogen (secondary N) is 1. The summed E-state index contributed by atoms with van der Waals surface area (Å²) in [6.45, 7) is 5.53. The molecular weight excluding hydrogens is 258 g/mol. The van der Waals surface area contributed by atoms with Gasteiger partial charge in [0, 0.05) is 38.3 Å². The highest BCUT2D eigenvalue weighted by molar-refractivity contribution is 5.76. The van der Waals surface area contributed by atoms with Crippen molar-refractivity contribution in [2.45, 2.75) is 19.9 Å². The summed E-state index contributed by atoms with van der Waals surface area (Å²) in [4.78, 5) is 18.0. The van der Waals surface area contributed by atoms with E-state index in [0.717, 1.165) is 5.69 Å². The maximum atomic E-state index is 11.9. The van der Waals surface area contributed by atoms with Gasteiger partial charge in [0.05, 0.1) is 18.9 Å². The Hall–Kier alpha value is -1.66. The van der Waals surface area contributed by atoms with Crippen molar-refractivity contribution < 1.29 is 14.6 Å². The van der Waals surface area contributed by atoms with Crippen LogP contribution in [0.2, 0.25) is 0 Å². The maximum Gasteiger partial charge on any atom is 0.224 e. The fourth-order valence-corrected chi connectivity index (χ4v) is 2.11. The first-order valence-electron chi connectivity index (χ1n) is 6.88. The zero-order valence-electron chi connectivity index (χ0n) is 11.8. The minimum absolute atomic E-state index is 0.141. The van der Waals surface area contributed by atoms with Gasteiger partial charge in [0.25, 0.3) is 0 Å². The molecule has 0 saturated carbocycles. The molecule has 0 aliphatic carbocycles. The van der Waals surface area contributed by atoms with Crippen molar-refractivity contribution in [1.82, 2.24) is 15.2 Å². The molecule has 6 nitrogen and oxygen atoms in total. The van der Waals surface area contributed by atoms with E-state index in [2.05, 4.69) is 10.3 Å². The second-order valence-electron chi connectivity index (χ2n) is 4.84. The number of hydrogen-bond donors (Lipinski definition) is 2. The minimum atomic E-state index is 0.141. The molecule has 1 aromatic rings. The van der Waals surface area contributed by atoms with Gasteiger partial charge >= 0.3 is 0 Å². The molecule has 1 fully saturated rings. The van der Waals surface area contributed by atoms with E-state index in [1.54, 1.807) is 12.1 Å². The first kappa shape index (κ1) is 14.7. The SMILES string of the molecule is Cc1ccc(O)c(CNCCC(=O)N2CCOCC2)n1. The fraction of sp³-hybridized carbons (Fsp3) is 0.571. The van der Waals surface area contributed by atoms with Crippen molar-refractivity contribution in [3.8, 4) is 5.75 Å². The molecule has 1 saturated heterocycles. The molecule has 1 amide bonds. The first-order valence-corrected chi connectivity index (χ1v) is 6.88. The van der Waals surface area contributed by atoms with Crippen LogP contribution in [-0.4, -0.2) is 53.7 Å². The fourth-order valence-electron chi connectivity index (χ4n) is 2.11. The topological polar surface area (TPSA) is 74.7 Å². The summed E-state index contributed by atoms with van der Waals surface area (Å²) in [5.74, 6) is 0.324. The molecule has 6 heteroatoms. The van der Waals surface area contributed by atoms with Gasteiger partial charge in [-0.25, -0.2) is 0 Å². The molecule has 2 rings (SSSR count). The number of rotatable bonds is 5. The van der Waals surface area contributed by atoms with E-state index in [4.69, 9.17) is 4.74 Å². The number of hydrogen-bond acceptors (Lipinski definition) is 5. The molecule has 0 aromatic carbocycles. The number of pyridine rings is 1. The van der Waals surface area contributed by atoms with Gasteiger partial charge in [-0.3, -0.25) is 9.78 Å². The van der Waals surface area contributed by atoms with Gasteiger partial charge in [-0.1, -0.05) is 0 Å². The quantitative estimate of drug-likeness (QED) is 0.765. The van der Waals surface area contributed by atoms with E-state index < -0.39 is 0 Å². The van der Waals surface area contributed by atoms with E-state index in [-0.39, 0.29) is 11.7 Å². The van der Waals surface area contributed by atoms with E-state index >= 15 is 0 Å². The van der Waals surface area contributed by atoms with Gasteiger partial charge in [-0.2, -0.15) is 0 Å². The normalized spacial score (nSPS) is 15.3. The Bertz CT molecular complexity index is 459. The highest BCUT2D eigenvalue weighted by Gasteiger charge is 2.15. The van der Waals surface area contributed by atoms with Crippen LogP contribution in [0.1, 0.15) is 17.8 Å². The predicted molar refractivity (Wildman–Crippen MR) is 74.4 cm³/mol. The lowest BCUT2D eigenvalue weighted by atomic mass is 10.2. The molecule has 1 aliphatic heterocycles. The Morgan fingerprint density at radius 3 is 2.95 bits per heavy atom. The number of ether oxygens (including phenoxy) is 1. The Balaban J connectivity index is 1.70. The Kier molecular flexibility index (Phi) is 5.31. The number of aromatic hydroxyl groups is 1. The van der Waals surface area contributed by atoms with E-state index in [1.807, 2.05) is 11.8 Å². The highest BCUT2D eigenvalue weighted by atomic mass is 16.5. The summed E-state index contributed by atoms with van der Waals surface area (Å²) in [5, 5.41) is 12.8. The molecule has 0 spiro atoms. The monoisotopic (exact) mass is 279 g/mol. The zero-order valence-corrected chi connectivity index (χ0v) is 11.8. The van der Waals surface area contributed by atoms with Gasteiger partial charge in [-0.05, 0) is 19.1 Å². The molecule has 20 heavy (non-hydrogen) atoms. The van der Waals surface area contributed by atoms with Crippen LogP contribution >= 0.6 is 0 Å². The number of aryl methyl sites for hydroxylation is 1. The van der Waals surface area contributed by atoms with E-state index in [9.17, 15) is 9.90 Å². The van der Waals surface area contributed by atoms with Crippen LogP contribution in [0.25, 0.3) is 0 Å². The van der Waals surface area contributed by atoms with E-state index in [1.165, 1.54) is 0 Å². The van der Waals surface area contributed by atoms with Crippen molar-refractivity contribution in [2.75, 3.05) is 32.8 Å². The molecule has 0 unspecified atom stereocenters. The molecule has 0 atom stereocenters. The van der Waals surface area contributed by atoms with Gasteiger partial charge in [0.2, 0.25) is 5.91 Å². The number of morpholine rings is 1. The molecule has 110 valence electrons. The number of carbonyl (C=O) groups excluding carboxylic acids is 1. The average Bonchev–Trinajstić information content (AvgIpc) is 2.47. The Labute approximate surface area is 118 Å². The van der Waals surface area contributed by atoms with Gasteiger partial charge in [-0.15, -0.1) is 0 Å². The minimum Gasteiger partial charge on any atom is -0.506 e. The summed E-state index contributed by atoms with van der Waals surface area (Å²) in [6, 6.07) is 3.40. The van der Waals surface area contributed by atoms with Crippen LogP contribution in [0.15, 0.2) is 12.1 Å². The third kappa shape index (κ3) is 4.18. The highest BCUT2D eigenvalue weighted by Crippen LogP contribution is 2.14. The van der Waals surface area contributed by atoms with Crippen molar-refractivity contribution in [2.24, 2.45) is 0 Å². The van der Waals surface area contributed by atoms with Gasteiger partial charge in [0.15, 0.2) is 0 Å². The van der Waals surface area contributed by atoms with Crippen LogP contribution in [0.5, 0.6) is 5.75 Å². The number of nitrogens with zero attached hydrogens (tertiary/aromatic N) is 2. The maximum absolute atomic E-state index is 11.9. The van der Waals surface area contributed by atoms with Crippen LogP contribution in [0.4, 0.5) is 0 Å². The number of aromatic nitrogens is 1. The lowest BCUT2D eigenvalue weighted by Gasteiger charge is -2.26. The Morgan fingerprint density at radius 2 is 2.20 bits per heavy atom. The lowest BCUT2D eigenvalue weighted by molar-refractivity contribution is -0.135. The largest absolute Gasteiger partial charge is 0.506 e. The lowest BCUT2D eigenvalue weighted by Crippen LogP contribution is -2.41. The molecule has 0 bridgehead atoms. The number of amides is 1. The van der Waals surface area contributed by atoms with Crippen molar-refractivity contribution in [1.29, 1.82) is 0 Å². The van der Waals surface area contributed by atoms with Gasteiger partial charge < -0.3 is 20.1 Å². The van der Waals surface area contributed by atoms with E-state index in [0.29, 0.717) is 51.5 Å². The van der Waals surface area contributed by atoms with Crippen molar-refractivity contribution >= 4 is 5.91 Å². The summed E-state index contributed by atoms with van der Waals surface area (Å²) >= 11 is 0. The van der Waals surface area contributed by atoms with Crippen molar-refractivity contribution in [3.05, 3.63) is 23.5 Å². The van der Waals surface area contributed by atoms with Crippen LogP contribution in [0, 0.1) is 6.92 Å². The van der Waals surface area contributed by atoms with Crippen LogP contribution in [-0.2, 0) is 16.1 Å². The van der Waals surface area contributed by atoms with Crippen molar-refractivity contribution in [3.63, 3.8) is 0 Å². The molecule has 1 aliphatic rings. The number of carbonyl (C=O) groups is 1. The molecule has 1 aromatic heterocycles. The summed E-state index contributed by atoms with van der Waals surface area (Å²) in [7, 11) is 0. The summed E-state index contributed by atoms with van der Waals surface area (Å²) in [5.41, 5.74) is 1.48. The smallest absolute Gasteiger partial charge is 0.224 e. The standard InChI is InChI=1S/C14H21N3O3/c1-11-2-3-13(18)12(16-11)10-15-5-4-14(19)17-6-8-20-9-7-17/h2-3,15,18H,4-10H2,1H3.